The van der Waals surface area contributed by atoms with Gasteiger partial charge in [-0.05, 0) is 18.9 Å². The van der Waals surface area contributed by atoms with Crippen LogP contribution in [0.5, 0.6) is 0 Å². The maximum absolute atomic E-state index is 10.2. The largest absolute Gasteiger partial charge is 0.513 e. The Bertz CT molecular complexity index is 138. The lowest BCUT2D eigenvalue weighted by Crippen LogP contribution is -2.05. The molecule has 0 spiro atoms. The van der Waals surface area contributed by atoms with Gasteiger partial charge in [0, 0.05) is 12.3 Å². The van der Waals surface area contributed by atoms with Crippen LogP contribution in [0.1, 0.15) is 19.3 Å². The van der Waals surface area contributed by atoms with E-state index in [1.807, 2.05) is 0 Å². The van der Waals surface area contributed by atoms with Crippen LogP contribution >= 0.6 is 0 Å². The molecule has 1 rings (SSSR count). The smallest absolute Gasteiger partial charge is 0.123 e. The molecule has 0 radical (unpaired) electrons. The minimum atomic E-state index is 0.154. The molecule has 0 unspecified atom stereocenters. The first-order chi connectivity index (χ1) is 4.33. The first-order valence-electron chi connectivity index (χ1n) is 3.16. The molecule has 0 amide bonds. The predicted molar refractivity (Wildman–Crippen MR) is 34.1 cm³/mol. The van der Waals surface area contributed by atoms with Gasteiger partial charge in [0.05, 0.1) is 5.76 Å². The molecule has 0 fully saturated rings. The SMILES string of the molecule is O=C[C@H]1CC=C(O)CC1. The summed E-state index contributed by atoms with van der Waals surface area (Å²) in [4.78, 5) is 10.2. The molecule has 2 nitrogen and oxygen atoms in total. The van der Waals surface area contributed by atoms with Crippen LogP contribution < -0.4 is 0 Å². The lowest BCUT2D eigenvalue weighted by molar-refractivity contribution is -0.111. The number of hydrogen-bond acceptors (Lipinski definition) is 2. The van der Waals surface area contributed by atoms with Gasteiger partial charge in [-0.15, -0.1) is 0 Å². The van der Waals surface area contributed by atoms with Gasteiger partial charge in [-0.2, -0.15) is 0 Å². The van der Waals surface area contributed by atoms with Crippen molar-refractivity contribution in [2.24, 2.45) is 5.92 Å². The number of allylic oxidation sites excluding steroid dienone is 2. The number of carbonyl (C=O) groups excluding carboxylic acids is 1. The normalized spacial score (nSPS) is 27.1. The van der Waals surface area contributed by atoms with Crippen molar-refractivity contribution in [3.63, 3.8) is 0 Å². The van der Waals surface area contributed by atoms with E-state index in [1.54, 1.807) is 6.08 Å². The molecule has 1 N–H and O–H groups in total. The summed E-state index contributed by atoms with van der Waals surface area (Å²) >= 11 is 0. The molecule has 1 aliphatic carbocycles. The Labute approximate surface area is 54.2 Å². The van der Waals surface area contributed by atoms with Crippen molar-refractivity contribution in [2.45, 2.75) is 19.3 Å². The van der Waals surface area contributed by atoms with Crippen LogP contribution in [-0.2, 0) is 4.79 Å². The summed E-state index contributed by atoms with van der Waals surface area (Å²) in [7, 11) is 0. The number of carbonyl (C=O) groups is 1. The Balaban J connectivity index is 2.45. The maximum atomic E-state index is 10.2. The summed E-state index contributed by atoms with van der Waals surface area (Å²) in [6.07, 6.45) is 4.88. The van der Waals surface area contributed by atoms with E-state index in [-0.39, 0.29) is 5.92 Å². The van der Waals surface area contributed by atoms with Crippen LogP contribution in [0.3, 0.4) is 0 Å². The van der Waals surface area contributed by atoms with E-state index in [0.717, 1.165) is 19.1 Å². The van der Waals surface area contributed by atoms with Crippen LogP contribution in [0.25, 0.3) is 0 Å². The molecule has 0 saturated heterocycles. The fourth-order valence-electron chi connectivity index (χ4n) is 0.964. The number of hydrogen-bond donors (Lipinski definition) is 1. The molecule has 0 aromatic rings. The van der Waals surface area contributed by atoms with Crippen molar-refractivity contribution in [2.75, 3.05) is 0 Å². The lowest BCUT2D eigenvalue weighted by Gasteiger charge is -2.12. The number of aldehydes is 1. The Hall–Kier alpha value is -0.790. The molecule has 50 valence electrons. The molecule has 0 saturated carbocycles. The van der Waals surface area contributed by atoms with Crippen molar-refractivity contribution in [3.8, 4) is 0 Å². The molecule has 0 aliphatic heterocycles. The van der Waals surface area contributed by atoms with E-state index >= 15 is 0 Å². The first-order valence-corrected chi connectivity index (χ1v) is 3.16. The third-order valence-corrected chi connectivity index (χ3v) is 1.62. The van der Waals surface area contributed by atoms with Gasteiger partial charge in [0.2, 0.25) is 0 Å². The van der Waals surface area contributed by atoms with Crippen LogP contribution in [0, 0.1) is 5.92 Å². The van der Waals surface area contributed by atoms with Gasteiger partial charge in [0.25, 0.3) is 0 Å². The van der Waals surface area contributed by atoms with Crippen molar-refractivity contribution in [1.29, 1.82) is 0 Å². The summed E-state index contributed by atoms with van der Waals surface area (Å²) in [5.41, 5.74) is 0. The molecular weight excluding hydrogens is 116 g/mol. The fourth-order valence-corrected chi connectivity index (χ4v) is 0.964. The van der Waals surface area contributed by atoms with Crippen molar-refractivity contribution in [1.82, 2.24) is 0 Å². The molecule has 0 bridgehead atoms. The average Bonchev–Trinajstić information content (AvgIpc) is 1.90. The number of aliphatic hydroxyl groups excluding tert-OH is 1. The Morgan fingerprint density at radius 2 is 2.56 bits per heavy atom. The molecule has 0 aromatic carbocycles. The van der Waals surface area contributed by atoms with Crippen molar-refractivity contribution >= 4 is 6.29 Å². The predicted octanol–water partition coefficient (Wildman–Crippen LogP) is 1.43. The average molecular weight is 126 g/mol. The van der Waals surface area contributed by atoms with Crippen LogP contribution in [0.2, 0.25) is 0 Å². The van der Waals surface area contributed by atoms with Gasteiger partial charge in [-0.1, -0.05) is 0 Å². The topological polar surface area (TPSA) is 37.3 Å². The summed E-state index contributed by atoms with van der Waals surface area (Å²) in [5.74, 6) is 0.592. The van der Waals surface area contributed by atoms with E-state index in [0.29, 0.717) is 12.2 Å². The van der Waals surface area contributed by atoms with Crippen LogP contribution in [0.4, 0.5) is 0 Å². The van der Waals surface area contributed by atoms with Gasteiger partial charge in [0.1, 0.15) is 6.29 Å². The summed E-state index contributed by atoms with van der Waals surface area (Å²) in [5, 5.41) is 8.87. The highest BCUT2D eigenvalue weighted by Crippen LogP contribution is 2.19. The van der Waals surface area contributed by atoms with Crippen molar-refractivity contribution in [3.05, 3.63) is 11.8 Å². The van der Waals surface area contributed by atoms with E-state index in [1.165, 1.54) is 0 Å². The summed E-state index contributed by atoms with van der Waals surface area (Å²) < 4.78 is 0. The van der Waals surface area contributed by atoms with Gasteiger partial charge in [0.15, 0.2) is 0 Å². The molecule has 0 heterocycles. The maximum Gasteiger partial charge on any atom is 0.123 e. The number of rotatable bonds is 1. The van der Waals surface area contributed by atoms with Gasteiger partial charge in [-0.3, -0.25) is 0 Å². The molecule has 1 atom stereocenters. The monoisotopic (exact) mass is 126 g/mol. The molecule has 9 heavy (non-hydrogen) atoms. The highest BCUT2D eigenvalue weighted by Gasteiger charge is 2.11. The molecule has 1 aliphatic rings. The third kappa shape index (κ3) is 1.56. The second kappa shape index (κ2) is 2.67. The third-order valence-electron chi connectivity index (χ3n) is 1.62. The highest BCUT2D eigenvalue weighted by molar-refractivity contribution is 5.54. The zero-order chi connectivity index (χ0) is 6.69. The Morgan fingerprint density at radius 3 is 3.00 bits per heavy atom. The van der Waals surface area contributed by atoms with Gasteiger partial charge < -0.3 is 9.90 Å². The van der Waals surface area contributed by atoms with E-state index in [2.05, 4.69) is 0 Å². The van der Waals surface area contributed by atoms with E-state index < -0.39 is 0 Å². The first kappa shape index (κ1) is 6.33. The standard InChI is InChI=1S/C7H10O2/c8-5-6-1-3-7(9)4-2-6/h3,5-6,9H,1-2,4H2/t6-/m0/s1. The fraction of sp³-hybridized carbons (Fsp3) is 0.571. The minimum Gasteiger partial charge on any atom is -0.513 e. The Morgan fingerprint density at radius 1 is 1.78 bits per heavy atom. The van der Waals surface area contributed by atoms with Gasteiger partial charge in [-0.25, -0.2) is 0 Å². The quantitative estimate of drug-likeness (QED) is 0.539. The van der Waals surface area contributed by atoms with Crippen LogP contribution in [-0.4, -0.2) is 11.4 Å². The second-order valence-corrected chi connectivity index (χ2v) is 2.37. The van der Waals surface area contributed by atoms with E-state index in [4.69, 9.17) is 5.11 Å². The molecular formula is C7H10O2. The Kier molecular flexibility index (Phi) is 1.88. The molecule has 0 aromatic heterocycles. The lowest BCUT2D eigenvalue weighted by atomic mass is 9.95. The summed E-state index contributed by atoms with van der Waals surface area (Å²) in [6.45, 7) is 0. The zero-order valence-corrected chi connectivity index (χ0v) is 5.21. The highest BCUT2D eigenvalue weighted by atomic mass is 16.3. The van der Waals surface area contributed by atoms with Crippen LogP contribution in [0.15, 0.2) is 11.8 Å². The molecule has 2 heteroatoms. The van der Waals surface area contributed by atoms with E-state index in [9.17, 15) is 4.79 Å². The van der Waals surface area contributed by atoms with Crippen molar-refractivity contribution < 1.29 is 9.90 Å². The second-order valence-electron chi connectivity index (χ2n) is 2.37. The number of aliphatic hydroxyl groups is 1. The summed E-state index contributed by atoms with van der Waals surface area (Å²) in [6, 6.07) is 0. The minimum absolute atomic E-state index is 0.154. The zero-order valence-electron chi connectivity index (χ0n) is 5.21. The van der Waals surface area contributed by atoms with Gasteiger partial charge >= 0.3 is 0 Å².